The molecule has 1 aromatic carbocycles. The smallest absolute Gasteiger partial charge is 0.125 e. The Morgan fingerprint density at radius 2 is 2.00 bits per heavy atom. The van der Waals surface area contributed by atoms with Crippen molar-refractivity contribution >= 4 is 24.0 Å². The highest BCUT2D eigenvalue weighted by atomic mass is 35.5. The first-order valence-corrected chi connectivity index (χ1v) is 5.07. The molecule has 1 atom stereocenters. The minimum absolute atomic E-state index is 0. The number of rotatable bonds is 3. The maximum Gasteiger partial charge on any atom is 0.125 e. The quantitative estimate of drug-likeness (QED) is 0.885. The summed E-state index contributed by atoms with van der Waals surface area (Å²) in [6, 6.07) is 3.74. The summed E-state index contributed by atoms with van der Waals surface area (Å²) in [7, 11) is 0. The van der Waals surface area contributed by atoms with E-state index in [1.807, 2.05) is 13.8 Å². The molecule has 0 aromatic heterocycles. The number of hydrogen-bond donors (Lipinski definition) is 2. The molecule has 0 amide bonds. The Bertz CT molecular complexity index is 338. The third-order valence-corrected chi connectivity index (χ3v) is 2.71. The van der Waals surface area contributed by atoms with Crippen LogP contribution in [-0.2, 0) is 0 Å². The molecule has 0 bridgehead atoms. The van der Waals surface area contributed by atoms with Gasteiger partial charge in [0.2, 0.25) is 0 Å². The summed E-state index contributed by atoms with van der Waals surface area (Å²) in [4.78, 5) is 0. The third kappa shape index (κ3) is 3.59. The van der Waals surface area contributed by atoms with Gasteiger partial charge in [-0.1, -0.05) is 25.4 Å². The normalized spacial score (nSPS) is 13.1. The lowest BCUT2D eigenvalue weighted by Crippen LogP contribution is -2.32. The van der Waals surface area contributed by atoms with E-state index in [4.69, 9.17) is 22.4 Å². The molecule has 0 heterocycles. The molecule has 2 nitrogen and oxygen atoms in total. The molecule has 0 radical (unpaired) electrons. The van der Waals surface area contributed by atoms with E-state index in [1.165, 1.54) is 12.1 Å². The van der Waals surface area contributed by atoms with Gasteiger partial charge in [-0.2, -0.15) is 0 Å². The molecule has 1 rings (SSSR count). The van der Waals surface area contributed by atoms with Gasteiger partial charge in [0, 0.05) is 23.1 Å². The van der Waals surface area contributed by atoms with Crippen molar-refractivity contribution in [3.63, 3.8) is 0 Å². The van der Waals surface area contributed by atoms with Crippen LogP contribution >= 0.6 is 24.0 Å². The molecule has 16 heavy (non-hydrogen) atoms. The summed E-state index contributed by atoms with van der Waals surface area (Å²) in [6.45, 7) is 3.56. The first kappa shape index (κ1) is 15.7. The van der Waals surface area contributed by atoms with Gasteiger partial charge in [-0.05, 0) is 23.8 Å². The van der Waals surface area contributed by atoms with E-state index in [0.29, 0.717) is 10.6 Å². The second kappa shape index (κ2) is 5.82. The molecule has 5 heteroatoms. The average molecular weight is 268 g/mol. The van der Waals surface area contributed by atoms with E-state index in [0.717, 1.165) is 0 Å². The second-order valence-corrected chi connectivity index (χ2v) is 4.76. The highest BCUT2D eigenvalue weighted by molar-refractivity contribution is 6.30. The first-order chi connectivity index (χ1) is 6.86. The van der Waals surface area contributed by atoms with Crippen LogP contribution in [0.25, 0.3) is 0 Å². The fourth-order valence-corrected chi connectivity index (χ4v) is 1.53. The van der Waals surface area contributed by atoms with Crippen molar-refractivity contribution in [1.29, 1.82) is 0 Å². The fraction of sp³-hybridized carbons (Fsp3) is 0.455. The lowest BCUT2D eigenvalue weighted by atomic mass is 9.82. The molecular weight excluding hydrogens is 252 g/mol. The van der Waals surface area contributed by atoms with Gasteiger partial charge in [-0.25, -0.2) is 4.39 Å². The van der Waals surface area contributed by atoms with E-state index in [9.17, 15) is 4.39 Å². The predicted molar refractivity (Wildman–Crippen MR) is 66.5 cm³/mol. The van der Waals surface area contributed by atoms with Gasteiger partial charge in [-0.15, -0.1) is 12.4 Å². The number of benzene rings is 1. The van der Waals surface area contributed by atoms with Crippen molar-refractivity contribution < 1.29 is 9.50 Å². The summed E-state index contributed by atoms with van der Waals surface area (Å²) in [5.41, 5.74) is 6.03. The Balaban J connectivity index is 0.00000225. The van der Waals surface area contributed by atoms with E-state index in [1.54, 1.807) is 6.07 Å². The summed E-state index contributed by atoms with van der Waals surface area (Å²) in [6.07, 6.45) is 0. The summed E-state index contributed by atoms with van der Waals surface area (Å²) in [5.74, 6) is -0.415. The van der Waals surface area contributed by atoms with Crippen LogP contribution in [0, 0.1) is 11.2 Å². The van der Waals surface area contributed by atoms with Crippen LogP contribution in [0.4, 0.5) is 4.39 Å². The van der Waals surface area contributed by atoms with Gasteiger partial charge in [0.15, 0.2) is 0 Å². The van der Waals surface area contributed by atoms with E-state index >= 15 is 0 Å². The van der Waals surface area contributed by atoms with E-state index in [-0.39, 0.29) is 19.0 Å². The van der Waals surface area contributed by atoms with Gasteiger partial charge in [0.1, 0.15) is 5.82 Å². The maximum atomic E-state index is 13.1. The van der Waals surface area contributed by atoms with Crippen LogP contribution in [0.15, 0.2) is 18.2 Å². The number of halogens is 3. The molecule has 3 N–H and O–H groups in total. The molecule has 0 aliphatic carbocycles. The van der Waals surface area contributed by atoms with Gasteiger partial charge in [0.05, 0.1) is 0 Å². The second-order valence-electron chi connectivity index (χ2n) is 4.33. The monoisotopic (exact) mass is 267 g/mol. The summed E-state index contributed by atoms with van der Waals surface area (Å²) >= 11 is 5.73. The van der Waals surface area contributed by atoms with Crippen molar-refractivity contribution in [2.45, 2.75) is 19.9 Å². The lowest BCUT2D eigenvalue weighted by Gasteiger charge is -2.29. The standard InChI is InChI=1S/C11H15ClFNO.ClH/c1-11(2,6-15)10(14)7-3-8(12)5-9(13)4-7;/h3-5,10,15H,6,14H2,1-2H3;1H/t10-;/m0./s1. The molecule has 92 valence electrons. The Morgan fingerprint density at radius 1 is 1.44 bits per heavy atom. The van der Waals surface area contributed by atoms with Crippen LogP contribution in [-0.4, -0.2) is 11.7 Å². The Labute approximate surface area is 106 Å². The van der Waals surface area contributed by atoms with Gasteiger partial charge in [0.25, 0.3) is 0 Å². The summed E-state index contributed by atoms with van der Waals surface area (Å²) in [5, 5.41) is 9.47. The Hall–Kier alpha value is -0.350. The molecule has 0 fully saturated rings. The Kier molecular flexibility index (Phi) is 5.70. The third-order valence-electron chi connectivity index (χ3n) is 2.49. The average Bonchev–Trinajstić information content (AvgIpc) is 2.15. The minimum atomic E-state index is -0.503. The lowest BCUT2D eigenvalue weighted by molar-refractivity contribution is 0.132. The van der Waals surface area contributed by atoms with Crippen molar-refractivity contribution in [2.75, 3.05) is 6.61 Å². The molecule has 0 saturated carbocycles. The van der Waals surface area contributed by atoms with E-state index < -0.39 is 17.3 Å². The van der Waals surface area contributed by atoms with Gasteiger partial charge in [-0.3, -0.25) is 0 Å². The van der Waals surface area contributed by atoms with E-state index in [2.05, 4.69) is 0 Å². The van der Waals surface area contributed by atoms with Crippen molar-refractivity contribution in [1.82, 2.24) is 0 Å². The molecule has 0 saturated heterocycles. The van der Waals surface area contributed by atoms with Crippen LogP contribution in [0.3, 0.4) is 0 Å². The SMILES string of the molecule is CC(C)(CO)[C@@H](N)c1cc(F)cc(Cl)c1.Cl. The predicted octanol–water partition coefficient (Wildman–Crippen LogP) is 2.92. The number of nitrogens with two attached hydrogens (primary N) is 1. The zero-order valence-electron chi connectivity index (χ0n) is 9.21. The van der Waals surface area contributed by atoms with Crippen molar-refractivity contribution in [2.24, 2.45) is 11.1 Å². The van der Waals surface area contributed by atoms with Gasteiger partial charge < -0.3 is 10.8 Å². The van der Waals surface area contributed by atoms with Crippen LogP contribution < -0.4 is 5.73 Å². The largest absolute Gasteiger partial charge is 0.396 e. The Morgan fingerprint density at radius 3 is 2.44 bits per heavy atom. The summed E-state index contributed by atoms with van der Waals surface area (Å²) < 4.78 is 13.1. The highest BCUT2D eigenvalue weighted by Crippen LogP contribution is 2.32. The zero-order valence-corrected chi connectivity index (χ0v) is 10.8. The number of hydrogen-bond acceptors (Lipinski definition) is 2. The topological polar surface area (TPSA) is 46.2 Å². The molecular formula is C11H16Cl2FNO. The molecule has 0 spiro atoms. The number of aliphatic hydroxyl groups excluding tert-OH is 1. The van der Waals surface area contributed by atoms with Crippen LogP contribution in [0.2, 0.25) is 5.02 Å². The fourth-order valence-electron chi connectivity index (χ4n) is 1.30. The molecule has 1 aromatic rings. The van der Waals surface area contributed by atoms with Gasteiger partial charge >= 0.3 is 0 Å². The van der Waals surface area contributed by atoms with Crippen molar-refractivity contribution in [3.8, 4) is 0 Å². The number of aliphatic hydroxyl groups is 1. The maximum absolute atomic E-state index is 13.1. The molecule has 0 aliphatic rings. The molecule has 0 aliphatic heterocycles. The highest BCUT2D eigenvalue weighted by Gasteiger charge is 2.27. The van der Waals surface area contributed by atoms with Crippen LogP contribution in [0.5, 0.6) is 0 Å². The molecule has 0 unspecified atom stereocenters. The zero-order chi connectivity index (χ0) is 11.6. The van der Waals surface area contributed by atoms with Crippen molar-refractivity contribution in [3.05, 3.63) is 34.6 Å². The first-order valence-electron chi connectivity index (χ1n) is 4.69. The minimum Gasteiger partial charge on any atom is -0.396 e. The van der Waals surface area contributed by atoms with Crippen LogP contribution in [0.1, 0.15) is 25.5 Å².